The van der Waals surface area contributed by atoms with Crippen LogP contribution in [-0.4, -0.2) is 24.7 Å². The highest BCUT2D eigenvalue weighted by Gasteiger charge is 2.16. The van der Waals surface area contributed by atoms with E-state index in [1.807, 2.05) is 0 Å². The largest absolute Gasteiger partial charge is 0.395 e. The minimum atomic E-state index is -0.620. The molecule has 0 bridgehead atoms. The van der Waals surface area contributed by atoms with E-state index in [1.54, 1.807) is 6.07 Å². The summed E-state index contributed by atoms with van der Waals surface area (Å²) in [5, 5.41) is 3.24. The number of pyridine rings is 1. The summed E-state index contributed by atoms with van der Waals surface area (Å²) in [4.78, 5) is 3.57. The molecular weight excluding hydrogens is 185 g/mol. The van der Waals surface area contributed by atoms with Crippen molar-refractivity contribution in [3.8, 4) is 0 Å². The van der Waals surface area contributed by atoms with Gasteiger partial charge in [0.15, 0.2) is 0 Å². The molecule has 0 amide bonds. The number of nitrogens with two attached hydrogens (primary N) is 1. The molecular formula is C9H12FN3O. The quantitative estimate of drug-likeness (QED) is 0.642. The first-order valence-electron chi connectivity index (χ1n) is 4.49. The van der Waals surface area contributed by atoms with E-state index in [4.69, 9.17) is 10.5 Å². The van der Waals surface area contributed by atoms with E-state index in [9.17, 15) is 4.39 Å². The van der Waals surface area contributed by atoms with Crippen LogP contribution < -0.4 is 11.1 Å². The van der Waals surface area contributed by atoms with Gasteiger partial charge >= 0.3 is 0 Å². The highest BCUT2D eigenvalue weighted by molar-refractivity contribution is 5.39. The monoisotopic (exact) mass is 197 g/mol. The second-order valence-corrected chi connectivity index (χ2v) is 3.23. The molecule has 4 nitrogen and oxygen atoms in total. The Morgan fingerprint density at radius 3 is 3.14 bits per heavy atom. The van der Waals surface area contributed by atoms with Crippen molar-refractivity contribution in [1.82, 2.24) is 10.3 Å². The molecule has 2 rings (SSSR count). The van der Waals surface area contributed by atoms with E-state index in [0.29, 0.717) is 13.2 Å². The summed E-state index contributed by atoms with van der Waals surface area (Å²) in [5.74, 6) is -0.620. The van der Waals surface area contributed by atoms with Gasteiger partial charge < -0.3 is 15.8 Å². The minimum absolute atomic E-state index is 0.0687. The molecule has 2 heterocycles. The highest BCUT2D eigenvalue weighted by Crippen LogP contribution is 2.18. The van der Waals surface area contributed by atoms with Crippen LogP contribution in [0, 0.1) is 5.95 Å². The number of hydrogen-bond acceptors (Lipinski definition) is 4. The minimum Gasteiger partial charge on any atom is -0.395 e. The standard InChI is InChI=1S/C9H12FN3O/c10-9-7(11)3-6(4-13-9)8-5-14-2-1-12-8/h3-4,8,12H,1-2,5,11H2. The molecule has 76 valence electrons. The van der Waals surface area contributed by atoms with Crippen LogP contribution in [0.1, 0.15) is 11.6 Å². The number of morpholine rings is 1. The van der Waals surface area contributed by atoms with Crippen LogP contribution in [0.5, 0.6) is 0 Å². The maximum absolute atomic E-state index is 12.8. The average Bonchev–Trinajstić information content (AvgIpc) is 2.23. The molecule has 1 aliphatic heterocycles. The highest BCUT2D eigenvalue weighted by atomic mass is 19.1. The Kier molecular flexibility index (Phi) is 2.60. The predicted octanol–water partition coefficient (Wildman–Crippen LogP) is 0.464. The van der Waals surface area contributed by atoms with Crippen LogP contribution in [0.2, 0.25) is 0 Å². The van der Waals surface area contributed by atoms with Gasteiger partial charge in [0, 0.05) is 12.7 Å². The van der Waals surface area contributed by atoms with Crippen LogP contribution in [0.25, 0.3) is 0 Å². The fourth-order valence-corrected chi connectivity index (χ4v) is 1.45. The van der Waals surface area contributed by atoms with Gasteiger partial charge in [-0.15, -0.1) is 0 Å². The Labute approximate surface area is 81.3 Å². The van der Waals surface area contributed by atoms with Crippen LogP contribution >= 0.6 is 0 Å². The van der Waals surface area contributed by atoms with Crippen molar-refractivity contribution in [3.63, 3.8) is 0 Å². The van der Waals surface area contributed by atoms with E-state index in [1.165, 1.54) is 6.20 Å². The van der Waals surface area contributed by atoms with Gasteiger partial charge in [-0.1, -0.05) is 0 Å². The zero-order chi connectivity index (χ0) is 9.97. The summed E-state index contributed by atoms with van der Waals surface area (Å²) in [5.41, 5.74) is 6.36. The maximum Gasteiger partial charge on any atom is 0.236 e. The summed E-state index contributed by atoms with van der Waals surface area (Å²) in [6.45, 7) is 2.08. The first-order valence-corrected chi connectivity index (χ1v) is 4.49. The zero-order valence-electron chi connectivity index (χ0n) is 7.66. The van der Waals surface area contributed by atoms with Gasteiger partial charge in [0.05, 0.1) is 24.9 Å². The molecule has 1 saturated heterocycles. The molecule has 14 heavy (non-hydrogen) atoms. The molecule has 0 radical (unpaired) electrons. The summed E-state index contributed by atoms with van der Waals surface area (Å²) in [6, 6.07) is 1.66. The van der Waals surface area contributed by atoms with Gasteiger partial charge in [-0.05, 0) is 11.6 Å². The molecule has 0 saturated carbocycles. The van der Waals surface area contributed by atoms with E-state index in [2.05, 4.69) is 10.3 Å². The SMILES string of the molecule is Nc1cc(C2COCCN2)cnc1F. The van der Waals surface area contributed by atoms with Crippen molar-refractivity contribution >= 4 is 5.69 Å². The number of nitrogen functional groups attached to an aromatic ring is 1. The van der Waals surface area contributed by atoms with E-state index < -0.39 is 5.95 Å². The molecule has 0 aromatic carbocycles. The number of halogens is 1. The van der Waals surface area contributed by atoms with Gasteiger partial charge in [0.25, 0.3) is 0 Å². The lowest BCUT2D eigenvalue weighted by molar-refractivity contribution is 0.0767. The normalized spacial score (nSPS) is 22.2. The first kappa shape index (κ1) is 9.36. The summed E-state index contributed by atoms with van der Waals surface area (Å²) in [6.07, 6.45) is 1.48. The molecule has 1 aromatic heterocycles. The van der Waals surface area contributed by atoms with Crippen molar-refractivity contribution in [2.24, 2.45) is 0 Å². The van der Waals surface area contributed by atoms with Crippen LogP contribution in [0.4, 0.5) is 10.1 Å². The Balaban J connectivity index is 2.18. The van der Waals surface area contributed by atoms with Crippen LogP contribution in [0.15, 0.2) is 12.3 Å². The fourth-order valence-electron chi connectivity index (χ4n) is 1.45. The zero-order valence-corrected chi connectivity index (χ0v) is 7.66. The van der Waals surface area contributed by atoms with Crippen molar-refractivity contribution in [2.75, 3.05) is 25.5 Å². The topological polar surface area (TPSA) is 60.2 Å². The number of hydrogen-bond donors (Lipinski definition) is 2. The van der Waals surface area contributed by atoms with E-state index >= 15 is 0 Å². The first-order chi connectivity index (χ1) is 6.77. The Bertz CT molecular complexity index is 326. The molecule has 1 unspecified atom stereocenters. The summed E-state index contributed by atoms with van der Waals surface area (Å²) < 4.78 is 18.1. The van der Waals surface area contributed by atoms with E-state index in [-0.39, 0.29) is 11.7 Å². The molecule has 0 spiro atoms. The molecule has 1 aliphatic rings. The lowest BCUT2D eigenvalue weighted by atomic mass is 10.1. The van der Waals surface area contributed by atoms with E-state index in [0.717, 1.165) is 12.1 Å². The van der Waals surface area contributed by atoms with Crippen LogP contribution in [0.3, 0.4) is 0 Å². The third-order valence-electron chi connectivity index (χ3n) is 2.21. The molecule has 1 fully saturated rings. The number of rotatable bonds is 1. The molecule has 3 N–H and O–H groups in total. The van der Waals surface area contributed by atoms with Crippen molar-refractivity contribution < 1.29 is 9.13 Å². The Morgan fingerprint density at radius 2 is 2.50 bits per heavy atom. The van der Waals surface area contributed by atoms with Crippen molar-refractivity contribution in [1.29, 1.82) is 0 Å². The Morgan fingerprint density at radius 1 is 1.64 bits per heavy atom. The van der Waals surface area contributed by atoms with Gasteiger partial charge in [0.1, 0.15) is 0 Å². The van der Waals surface area contributed by atoms with Gasteiger partial charge in [-0.2, -0.15) is 4.39 Å². The third-order valence-corrected chi connectivity index (χ3v) is 2.21. The van der Waals surface area contributed by atoms with Crippen molar-refractivity contribution in [2.45, 2.75) is 6.04 Å². The lowest BCUT2D eigenvalue weighted by Crippen LogP contribution is -2.34. The lowest BCUT2D eigenvalue weighted by Gasteiger charge is -2.23. The average molecular weight is 197 g/mol. The van der Waals surface area contributed by atoms with Crippen LogP contribution in [-0.2, 0) is 4.74 Å². The maximum atomic E-state index is 12.8. The van der Waals surface area contributed by atoms with Gasteiger partial charge in [0.2, 0.25) is 5.95 Å². The van der Waals surface area contributed by atoms with Gasteiger partial charge in [-0.25, -0.2) is 4.98 Å². The number of aromatic nitrogens is 1. The molecule has 1 aromatic rings. The molecule has 1 atom stereocenters. The number of nitrogens with one attached hydrogen (secondary N) is 1. The molecule has 5 heteroatoms. The number of ether oxygens (including phenoxy) is 1. The fraction of sp³-hybridized carbons (Fsp3) is 0.444. The summed E-state index contributed by atoms with van der Waals surface area (Å²) in [7, 11) is 0. The Hall–Kier alpha value is -1.20. The van der Waals surface area contributed by atoms with Gasteiger partial charge in [-0.3, -0.25) is 0 Å². The van der Waals surface area contributed by atoms with Crippen molar-refractivity contribution in [3.05, 3.63) is 23.8 Å². The second kappa shape index (κ2) is 3.89. The number of nitrogens with zero attached hydrogens (tertiary/aromatic N) is 1. The smallest absolute Gasteiger partial charge is 0.236 e. The predicted molar refractivity (Wildman–Crippen MR) is 50.2 cm³/mol. The molecule has 0 aliphatic carbocycles. The third kappa shape index (κ3) is 1.83. The second-order valence-electron chi connectivity index (χ2n) is 3.23. The number of anilines is 1. The summed E-state index contributed by atoms with van der Waals surface area (Å²) >= 11 is 0.